The molecule has 2 rings (SSSR count). The monoisotopic (exact) mass is 392 g/mol. The highest BCUT2D eigenvalue weighted by Crippen LogP contribution is 2.37. The van der Waals surface area contributed by atoms with E-state index in [0.29, 0.717) is 17.3 Å². The number of amides is 1. The molecular weight excluding hydrogens is 375 g/mol. The predicted octanol–water partition coefficient (Wildman–Crippen LogP) is 3.79. The Hall–Kier alpha value is -0.330. The van der Waals surface area contributed by atoms with Crippen molar-refractivity contribution in [3.8, 4) is 0 Å². The Labute approximate surface area is 132 Å². The maximum atomic E-state index is 12.5. The Morgan fingerprint density at radius 3 is 2.63 bits per heavy atom. The molecule has 104 valence electrons. The molecule has 3 nitrogen and oxygen atoms in total. The van der Waals surface area contributed by atoms with Crippen LogP contribution in [0.2, 0.25) is 5.02 Å². The third-order valence-electron chi connectivity index (χ3n) is 3.86. The number of hydrogen-bond donors (Lipinski definition) is 2. The highest BCUT2D eigenvalue weighted by Gasteiger charge is 2.38. The summed E-state index contributed by atoms with van der Waals surface area (Å²) < 4.78 is 1.05. The van der Waals surface area contributed by atoms with E-state index >= 15 is 0 Å². The SMILES string of the molecule is NCC1(C(=O)Nc2ccc(I)cc2Cl)CCCCC1. The van der Waals surface area contributed by atoms with E-state index in [9.17, 15) is 4.79 Å². The lowest BCUT2D eigenvalue weighted by Gasteiger charge is -2.34. The average molecular weight is 393 g/mol. The molecule has 19 heavy (non-hydrogen) atoms. The van der Waals surface area contributed by atoms with Crippen LogP contribution >= 0.6 is 34.2 Å². The van der Waals surface area contributed by atoms with Gasteiger partial charge in [-0.05, 0) is 53.6 Å². The normalized spacial score (nSPS) is 18.1. The molecule has 0 saturated heterocycles. The lowest BCUT2D eigenvalue weighted by molar-refractivity contribution is -0.126. The number of nitrogens with one attached hydrogen (secondary N) is 1. The van der Waals surface area contributed by atoms with Gasteiger partial charge in [-0.3, -0.25) is 4.79 Å². The Morgan fingerprint density at radius 2 is 2.05 bits per heavy atom. The van der Waals surface area contributed by atoms with Crippen LogP contribution in [0.5, 0.6) is 0 Å². The van der Waals surface area contributed by atoms with Gasteiger partial charge in [0.25, 0.3) is 0 Å². The number of rotatable bonds is 3. The average Bonchev–Trinajstić information content (AvgIpc) is 2.42. The zero-order valence-electron chi connectivity index (χ0n) is 10.7. The maximum Gasteiger partial charge on any atom is 0.231 e. The zero-order valence-corrected chi connectivity index (χ0v) is 13.6. The lowest BCUT2D eigenvalue weighted by Crippen LogP contribution is -2.43. The molecule has 0 radical (unpaired) electrons. The van der Waals surface area contributed by atoms with Gasteiger partial charge in [-0.2, -0.15) is 0 Å². The molecule has 0 aliphatic heterocycles. The van der Waals surface area contributed by atoms with E-state index in [1.807, 2.05) is 18.2 Å². The van der Waals surface area contributed by atoms with Gasteiger partial charge in [-0.25, -0.2) is 0 Å². The van der Waals surface area contributed by atoms with E-state index in [4.69, 9.17) is 17.3 Å². The molecule has 1 aliphatic carbocycles. The van der Waals surface area contributed by atoms with Crippen molar-refractivity contribution in [3.05, 3.63) is 26.8 Å². The highest BCUT2D eigenvalue weighted by molar-refractivity contribution is 14.1. The zero-order chi connectivity index (χ0) is 13.9. The van der Waals surface area contributed by atoms with Gasteiger partial charge in [0, 0.05) is 10.1 Å². The number of anilines is 1. The van der Waals surface area contributed by atoms with Crippen molar-refractivity contribution < 1.29 is 4.79 Å². The number of benzene rings is 1. The van der Waals surface area contributed by atoms with Crippen LogP contribution in [0.3, 0.4) is 0 Å². The molecule has 1 aromatic carbocycles. The fraction of sp³-hybridized carbons (Fsp3) is 0.500. The molecule has 3 N–H and O–H groups in total. The summed E-state index contributed by atoms with van der Waals surface area (Å²) in [7, 11) is 0. The van der Waals surface area contributed by atoms with Crippen molar-refractivity contribution in [2.75, 3.05) is 11.9 Å². The van der Waals surface area contributed by atoms with Crippen LogP contribution in [0.4, 0.5) is 5.69 Å². The summed E-state index contributed by atoms with van der Waals surface area (Å²) >= 11 is 8.34. The highest BCUT2D eigenvalue weighted by atomic mass is 127. The molecule has 5 heteroatoms. The number of nitrogens with two attached hydrogens (primary N) is 1. The Balaban J connectivity index is 2.15. The molecule has 1 aliphatic rings. The molecule has 0 aromatic heterocycles. The fourth-order valence-electron chi connectivity index (χ4n) is 2.60. The topological polar surface area (TPSA) is 55.1 Å². The van der Waals surface area contributed by atoms with E-state index in [0.717, 1.165) is 29.3 Å². The van der Waals surface area contributed by atoms with Crippen molar-refractivity contribution in [1.29, 1.82) is 0 Å². The first-order valence-electron chi connectivity index (χ1n) is 6.54. The molecule has 1 amide bonds. The Bertz CT molecular complexity index is 473. The summed E-state index contributed by atoms with van der Waals surface area (Å²) in [6.07, 6.45) is 5.09. The minimum absolute atomic E-state index is 0.0119. The second-order valence-corrected chi connectivity index (χ2v) is 6.78. The third-order valence-corrected chi connectivity index (χ3v) is 4.85. The summed E-state index contributed by atoms with van der Waals surface area (Å²) in [6, 6.07) is 5.61. The quantitative estimate of drug-likeness (QED) is 0.769. The molecule has 0 spiro atoms. The Kier molecular flexibility index (Phi) is 5.09. The van der Waals surface area contributed by atoms with E-state index in [-0.39, 0.29) is 5.91 Å². The molecular formula is C14H18ClIN2O. The van der Waals surface area contributed by atoms with E-state index < -0.39 is 5.41 Å². The smallest absolute Gasteiger partial charge is 0.231 e. The first-order valence-corrected chi connectivity index (χ1v) is 8.00. The second kappa shape index (κ2) is 6.41. The minimum Gasteiger partial charge on any atom is -0.329 e. The Morgan fingerprint density at radius 1 is 1.37 bits per heavy atom. The van der Waals surface area contributed by atoms with Gasteiger partial charge in [-0.1, -0.05) is 30.9 Å². The third kappa shape index (κ3) is 3.41. The number of carbonyl (C=O) groups excluding carboxylic acids is 1. The van der Waals surface area contributed by atoms with Gasteiger partial charge in [0.1, 0.15) is 0 Å². The van der Waals surface area contributed by atoms with Crippen molar-refractivity contribution in [2.45, 2.75) is 32.1 Å². The van der Waals surface area contributed by atoms with E-state index in [1.54, 1.807) is 0 Å². The summed E-state index contributed by atoms with van der Waals surface area (Å²) in [5.41, 5.74) is 6.12. The molecule has 1 saturated carbocycles. The summed E-state index contributed by atoms with van der Waals surface area (Å²) in [6.45, 7) is 0.404. The number of hydrogen-bond acceptors (Lipinski definition) is 2. The van der Waals surface area contributed by atoms with Crippen molar-refractivity contribution in [2.24, 2.45) is 11.1 Å². The molecule has 0 bridgehead atoms. The van der Waals surface area contributed by atoms with Crippen molar-refractivity contribution in [3.63, 3.8) is 0 Å². The number of carbonyl (C=O) groups is 1. The van der Waals surface area contributed by atoms with Crippen LogP contribution in [-0.2, 0) is 4.79 Å². The van der Waals surface area contributed by atoms with Gasteiger partial charge in [0.05, 0.1) is 16.1 Å². The fourth-order valence-corrected chi connectivity index (χ4v) is 3.50. The minimum atomic E-state index is -0.412. The van der Waals surface area contributed by atoms with Crippen LogP contribution in [0.15, 0.2) is 18.2 Å². The standard InChI is InChI=1S/C14H18ClIN2O/c15-11-8-10(16)4-5-12(11)18-13(19)14(9-17)6-2-1-3-7-14/h4-5,8H,1-3,6-7,9,17H2,(H,18,19). The van der Waals surface area contributed by atoms with Crippen LogP contribution < -0.4 is 11.1 Å². The van der Waals surface area contributed by atoms with Crippen LogP contribution in [-0.4, -0.2) is 12.5 Å². The van der Waals surface area contributed by atoms with Crippen LogP contribution in [0.1, 0.15) is 32.1 Å². The van der Waals surface area contributed by atoms with E-state index in [2.05, 4.69) is 27.9 Å². The summed E-state index contributed by atoms with van der Waals surface area (Å²) in [4.78, 5) is 12.5. The lowest BCUT2D eigenvalue weighted by atomic mass is 9.73. The van der Waals surface area contributed by atoms with Crippen molar-refractivity contribution in [1.82, 2.24) is 0 Å². The molecule has 1 fully saturated rings. The number of halogens is 2. The van der Waals surface area contributed by atoms with Crippen molar-refractivity contribution >= 4 is 45.8 Å². The molecule has 1 aromatic rings. The second-order valence-electron chi connectivity index (χ2n) is 5.12. The first-order chi connectivity index (χ1) is 9.07. The maximum absolute atomic E-state index is 12.5. The summed E-state index contributed by atoms with van der Waals surface area (Å²) in [5, 5.41) is 3.52. The van der Waals surface area contributed by atoms with Gasteiger partial charge in [0.2, 0.25) is 5.91 Å². The first kappa shape index (κ1) is 15.1. The molecule has 0 heterocycles. The molecule has 0 unspecified atom stereocenters. The van der Waals surface area contributed by atoms with Crippen LogP contribution in [0.25, 0.3) is 0 Å². The molecule has 0 atom stereocenters. The largest absolute Gasteiger partial charge is 0.329 e. The van der Waals surface area contributed by atoms with Gasteiger partial charge < -0.3 is 11.1 Å². The van der Waals surface area contributed by atoms with Gasteiger partial charge in [-0.15, -0.1) is 0 Å². The van der Waals surface area contributed by atoms with E-state index in [1.165, 1.54) is 6.42 Å². The van der Waals surface area contributed by atoms with Crippen LogP contribution in [0, 0.1) is 8.99 Å². The predicted molar refractivity (Wildman–Crippen MR) is 87.4 cm³/mol. The van der Waals surface area contributed by atoms with Gasteiger partial charge >= 0.3 is 0 Å². The van der Waals surface area contributed by atoms with Gasteiger partial charge in [0.15, 0.2) is 0 Å². The summed E-state index contributed by atoms with van der Waals surface area (Å²) in [5.74, 6) is 0.0119.